The molecule has 2 heterocycles. The van der Waals surface area contributed by atoms with E-state index in [1.807, 2.05) is 6.07 Å². The van der Waals surface area contributed by atoms with Gasteiger partial charge in [0.15, 0.2) is 16.3 Å². The van der Waals surface area contributed by atoms with Crippen LogP contribution in [-0.4, -0.2) is 36.3 Å². The lowest BCUT2D eigenvalue weighted by molar-refractivity contribution is -0.385. The van der Waals surface area contributed by atoms with Crippen LogP contribution in [-0.2, 0) is 9.53 Å². The number of carbonyl (C=O) groups excluding carboxylic acids is 1. The van der Waals surface area contributed by atoms with Gasteiger partial charge in [-0.25, -0.2) is 14.2 Å². The quantitative estimate of drug-likeness (QED) is 0.173. The summed E-state index contributed by atoms with van der Waals surface area (Å²) < 4.78 is 31.3. The second kappa shape index (κ2) is 11.8. The van der Waals surface area contributed by atoms with Crippen molar-refractivity contribution < 1.29 is 28.3 Å². The van der Waals surface area contributed by atoms with Crippen molar-refractivity contribution in [2.24, 2.45) is 4.99 Å². The third-order valence-corrected chi connectivity index (χ3v) is 7.56. The van der Waals surface area contributed by atoms with E-state index in [-0.39, 0.29) is 44.3 Å². The molecule has 0 fully saturated rings. The number of hydrogen-bond donors (Lipinski definition) is 0. The molecule has 0 amide bonds. The Hall–Kier alpha value is -5.10. The number of benzene rings is 3. The van der Waals surface area contributed by atoms with Gasteiger partial charge >= 0.3 is 5.97 Å². The minimum Gasteiger partial charge on any atom is -0.493 e. The lowest BCUT2D eigenvalue weighted by atomic mass is 9.93. The maximum Gasteiger partial charge on any atom is 0.338 e. The fraction of sp³-hybridized carbons (Fsp3) is 0.167. The van der Waals surface area contributed by atoms with Gasteiger partial charge in [-0.1, -0.05) is 53.8 Å². The molecule has 214 valence electrons. The molecule has 42 heavy (non-hydrogen) atoms. The van der Waals surface area contributed by atoms with Crippen molar-refractivity contribution in [3.63, 3.8) is 0 Å². The largest absolute Gasteiger partial charge is 0.493 e. The minimum atomic E-state index is -1.02. The van der Waals surface area contributed by atoms with Crippen LogP contribution in [0.25, 0.3) is 11.8 Å². The summed E-state index contributed by atoms with van der Waals surface area (Å²) in [4.78, 5) is 43.8. The van der Waals surface area contributed by atoms with E-state index in [1.54, 1.807) is 31.2 Å². The van der Waals surface area contributed by atoms with Gasteiger partial charge in [0.25, 0.3) is 11.2 Å². The van der Waals surface area contributed by atoms with Crippen molar-refractivity contribution in [3.8, 4) is 11.5 Å². The lowest BCUT2D eigenvalue weighted by Gasteiger charge is -2.25. The van der Waals surface area contributed by atoms with Gasteiger partial charge in [-0.05, 0) is 36.8 Å². The smallest absolute Gasteiger partial charge is 0.338 e. The number of ether oxygens (including phenoxy) is 3. The Morgan fingerprint density at radius 3 is 2.38 bits per heavy atom. The van der Waals surface area contributed by atoms with Crippen LogP contribution in [0.1, 0.15) is 29.7 Å². The highest BCUT2D eigenvalue weighted by Gasteiger charge is 2.35. The number of fused-ring (bicyclic) bond motifs is 1. The third kappa shape index (κ3) is 5.19. The number of halogens is 1. The fourth-order valence-electron chi connectivity index (χ4n) is 4.70. The minimum absolute atomic E-state index is 0.0773. The van der Waals surface area contributed by atoms with Gasteiger partial charge in [0.2, 0.25) is 0 Å². The van der Waals surface area contributed by atoms with E-state index in [0.29, 0.717) is 16.8 Å². The van der Waals surface area contributed by atoms with Crippen molar-refractivity contribution >= 4 is 34.8 Å². The van der Waals surface area contributed by atoms with E-state index in [4.69, 9.17) is 19.2 Å². The van der Waals surface area contributed by atoms with Crippen LogP contribution in [0, 0.1) is 15.9 Å². The van der Waals surface area contributed by atoms with Crippen LogP contribution in [0.3, 0.4) is 0 Å². The zero-order valence-electron chi connectivity index (χ0n) is 22.7. The first-order chi connectivity index (χ1) is 20.3. The van der Waals surface area contributed by atoms with E-state index < -0.39 is 28.3 Å². The molecule has 12 heteroatoms. The summed E-state index contributed by atoms with van der Waals surface area (Å²) in [7, 11) is 2.76. The second-order valence-electron chi connectivity index (χ2n) is 9.01. The summed E-state index contributed by atoms with van der Waals surface area (Å²) >= 11 is 1.00. The first-order valence-electron chi connectivity index (χ1n) is 12.7. The van der Waals surface area contributed by atoms with E-state index in [9.17, 15) is 24.1 Å². The zero-order valence-corrected chi connectivity index (χ0v) is 23.5. The number of thiazole rings is 1. The lowest BCUT2D eigenvalue weighted by Crippen LogP contribution is -2.40. The van der Waals surface area contributed by atoms with Gasteiger partial charge in [-0.15, -0.1) is 0 Å². The molecule has 1 aliphatic rings. The third-order valence-electron chi connectivity index (χ3n) is 6.58. The average molecular weight is 590 g/mol. The Balaban J connectivity index is 1.84. The number of nitrogens with zero attached hydrogens (tertiary/aromatic N) is 3. The number of esters is 1. The number of nitro benzene ring substituents is 1. The van der Waals surface area contributed by atoms with Crippen LogP contribution in [0.4, 0.5) is 10.1 Å². The normalized spacial score (nSPS) is 14.7. The van der Waals surface area contributed by atoms with E-state index in [1.165, 1.54) is 61.3 Å². The summed E-state index contributed by atoms with van der Waals surface area (Å²) in [6.07, 6.45) is 1.38. The molecule has 0 aliphatic carbocycles. The SMILES string of the molecule is CCOC(=O)C1=C(c2ccccc2)N=c2s/c(=C\c3cc(OC)c(OC)cc3[N+](=O)[O-])c(=O)n2[C@@H]1c1ccc(F)cc1. The maximum absolute atomic E-state index is 14.0. The zero-order chi connectivity index (χ0) is 30.0. The van der Waals surface area contributed by atoms with Gasteiger partial charge in [-0.2, -0.15) is 0 Å². The molecule has 0 spiro atoms. The highest BCUT2D eigenvalue weighted by atomic mass is 32.1. The molecule has 0 N–H and O–H groups in total. The highest BCUT2D eigenvalue weighted by Crippen LogP contribution is 2.36. The molecule has 5 rings (SSSR count). The number of hydrogen-bond acceptors (Lipinski definition) is 9. The fourth-order valence-corrected chi connectivity index (χ4v) is 5.69. The molecule has 0 radical (unpaired) electrons. The van der Waals surface area contributed by atoms with Gasteiger partial charge in [-0.3, -0.25) is 19.5 Å². The van der Waals surface area contributed by atoms with Crippen LogP contribution in [0.2, 0.25) is 0 Å². The molecule has 1 aliphatic heterocycles. The van der Waals surface area contributed by atoms with Gasteiger partial charge in [0, 0.05) is 5.56 Å². The summed E-state index contributed by atoms with van der Waals surface area (Å²) in [6.45, 7) is 1.74. The maximum atomic E-state index is 14.0. The van der Waals surface area contributed by atoms with E-state index >= 15 is 0 Å². The monoisotopic (exact) mass is 589 g/mol. The van der Waals surface area contributed by atoms with Crippen molar-refractivity contribution in [2.45, 2.75) is 13.0 Å². The van der Waals surface area contributed by atoms with E-state index in [0.717, 1.165) is 11.3 Å². The molecular formula is C30H24FN3O7S. The summed E-state index contributed by atoms with van der Waals surface area (Å²) in [6, 6.07) is 16.0. The van der Waals surface area contributed by atoms with E-state index in [2.05, 4.69) is 0 Å². The Kier molecular flexibility index (Phi) is 7.98. The predicted octanol–water partition coefficient (Wildman–Crippen LogP) is 4.00. The van der Waals surface area contributed by atoms with Crippen LogP contribution in [0.15, 0.2) is 82.1 Å². The average Bonchev–Trinajstić information content (AvgIpc) is 3.31. The number of methoxy groups -OCH3 is 2. The first-order valence-corrected chi connectivity index (χ1v) is 13.5. The molecule has 3 aromatic carbocycles. The first kappa shape index (κ1) is 28.4. The summed E-state index contributed by atoms with van der Waals surface area (Å²) in [5, 5.41) is 11.9. The van der Waals surface area contributed by atoms with Crippen LogP contribution >= 0.6 is 11.3 Å². The van der Waals surface area contributed by atoms with Crippen LogP contribution < -0.4 is 24.4 Å². The Bertz CT molecular complexity index is 1900. The molecule has 1 aromatic heterocycles. The summed E-state index contributed by atoms with van der Waals surface area (Å²) in [5.41, 5.74) is 0.721. The van der Waals surface area contributed by atoms with Gasteiger partial charge < -0.3 is 14.2 Å². The molecule has 4 aromatic rings. The van der Waals surface area contributed by atoms with Crippen molar-refractivity contribution in [1.29, 1.82) is 0 Å². The summed E-state index contributed by atoms with van der Waals surface area (Å²) in [5.74, 6) is -0.774. The van der Waals surface area contributed by atoms with Crippen molar-refractivity contribution in [2.75, 3.05) is 20.8 Å². The molecule has 1 atom stereocenters. The van der Waals surface area contributed by atoms with Gasteiger partial charge in [0.05, 0.1) is 59.2 Å². The number of carbonyl (C=O) groups is 1. The molecule has 0 unspecified atom stereocenters. The molecule has 0 saturated heterocycles. The molecule has 0 saturated carbocycles. The molecule has 10 nitrogen and oxygen atoms in total. The Morgan fingerprint density at radius 2 is 1.76 bits per heavy atom. The second-order valence-corrected chi connectivity index (χ2v) is 10.0. The molecular weight excluding hydrogens is 565 g/mol. The number of nitro groups is 1. The topological polar surface area (TPSA) is 122 Å². The number of rotatable bonds is 8. The van der Waals surface area contributed by atoms with Crippen molar-refractivity contribution in [3.05, 3.63) is 125 Å². The Morgan fingerprint density at radius 1 is 1.10 bits per heavy atom. The molecule has 0 bridgehead atoms. The Labute approximate surface area is 242 Å². The number of aromatic nitrogens is 1. The standard InChI is InChI=1S/C30H24FN3O7S/c1-4-41-29(36)25-26(17-8-6-5-7-9-17)32-30-33(27(25)18-10-12-20(31)13-11-18)28(35)24(42-30)15-19-14-22(39-2)23(40-3)16-21(19)34(37)38/h5-16,27H,4H2,1-3H3/b24-15-/t27-/m1/s1. The highest BCUT2D eigenvalue weighted by molar-refractivity contribution is 7.07. The van der Waals surface area contributed by atoms with Crippen LogP contribution in [0.5, 0.6) is 11.5 Å². The predicted molar refractivity (Wildman–Crippen MR) is 154 cm³/mol. The van der Waals surface area contributed by atoms with Crippen molar-refractivity contribution in [1.82, 2.24) is 4.57 Å². The van der Waals surface area contributed by atoms with Gasteiger partial charge in [0.1, 0.15) is 5.82 Å².